The van der Waals surface area contributed by atoms with Crippen LogP contribution < -0.4 is 0 Å². The van der Waals surface area contributed by atoms with Crippen molar-refractivity contribution in [3.8, 4) is 11.3 Å². The molecule has 0 radical (unpaired) electrons. The van der Waals surface area contributed by atoms with Gasteiger partial charge in [-0.2, -0.15) is 0 Å². The van der Waals surface area contributed by atoms with E-state index in [0.717, 1.165) is 22.4 Å². The first-order chi connectivity index (χ1) is 17.0. The van der Waals surface area contributed by atoms with Crippen LogP contribution in [0.2, 0.25) is 10.0 Å². The Morgan fingerprint density at radius 3 is 2.46 bits per heavy atom. The van der Waals surface area contributed by atoms with Crippen molar-refractivity contribution in [2.24, 2.45) is 4.99 Å². The number of halogens is 2. The lowest BCUT2D eigenvalue weighted by Gasteiger charge is -2.15. The lowest BCUT2D eigenvalue weighted by molar-refractivity contribution is -0.122. The van der Waals surface area contributed by atoms with Gasteiger partial charge in [-0.3, -0.25) is 9.69 Å². The van der Waals surface area contributed by atoms with Gasteiger partial charge < -0.3 is 4.42 Å². The van der Waals surface area contributed by atoms with E-state index in [1.807, 2.05) is 79.7 Å². The lowest BCUT2D eigenvalue weighted by atomic mass is 10.2. The van der Waals surface area contributed by atoms with Crippen molar-refractivity contribution >= 4 is 57.8 Å². The Bertz CT molecular complexity index is 1440. The summed E-state index contributed by atoms with van der Waals surface area (Å²) in [7, 11) is 0. The molecule has 0 unspecified atom stereocenters. The maximum atomic E-state index is 13.4. The molecule has 2 heterocycles. The van der Waals surface area contributed by atoms with Gasteiger partial charge in [-0.15, -0.1) is 0 Å². The van der Waals surface area contributed by atoms with E-state index in [9.17, 15) is 4.79 Å². The monoisotopic (exact) mass is 518 g/mol. The Hall–Kier alpha value is -3.25. The van der Waals surface area contributed by atoms with Gasteiger partial charge in [0.2, 0.25) is 0 Å². The first kappa shape index (κ1) is 23.5. The molecule has 1 aliphatic heterocycles. The number of amidine groups is 1. The molecule has 0 spiro atoms. The molecule has 0 bridgehead atoms. The lowest BCUT2D eigenvalue weighted by Crippen LogP contribution is -2.28. The standard InChI is InChI=1S/C28H20Cl2N2O2S/c1-18-7-10-21(11-8-18)31-28-32(17-19-5-3-2-4-6-19)27(33)26(35-28)16-22-12-14-25(34-22)20-9-13-23(29)24(30)15-20/h2-16H,17H2,1H3/b26-16+,31-28?. The van der Waals surface area contributed by atoms with Gasteiger partial charge in [0.1, 0.15) is 11.5 Å². The van der Waals surface area contributed by atoms with Crippen molar-refractivity contribution < 1.29 is 9.21 Å². The van der Waals surface area contributed by atoms with E-state index in [1.54, 1.807) is 23.1 Å². The van der Waals surface area contributed by atoms with Crippen LogP contribution in [-0.4, -0.2) is 16.0 Å². The number of carbonyl (C=O) groups excluding carboxylic acids is 1. The maximum absolute atomic E-state index is 13.4. The van der Waals surface area contributed by atoms with Gasteiger partial charge in [0, 0.05) is 11.6 Å². The van der Waals surface area contributed by atoms with E-state index < -0.39 is 0 Å². The Labute approximate surface area is 217 Å². The number of hydrogen-bond acceptors (Lipinski definition) is 4. The molecule has 0 atom stereocenters. The third-order valence-corrected chi connectivity index (χ3v) is 7.18. The SMILES string of the molecule is Cc1ccc(N=C2S/C(=C/c3ccc(-c4ccc(Cl)c(Cl)c4)o3)C(=O)N2Cc2ccccc2)cc1. The molecule has 5 rings (SSSR count). The van der Waals surface area contributed by atoms with Crippen LogP contribution in [0.3, 0.4) is 0 Å². The molecule has 3 aromatic carbocycles. The van der Waals surface area contributed by atoms with Crippen LogP contribution in [0.25, 0.3) is 17.4 Å². The number of aryl methyl sites for hydroxylation is 1. The van der Waals surface area contributed by atoms with Crippen molar-refractivity contribution in [3.05, 3.63) is 117 Å². The number of benzene rings is 3. The fourth-order valence-corrected chi connectivity index (χ4v) is 4.87. The van der Waals surface area contributed by atoms with Gasteiger partial charge >= 0.3 is 0 Å². The van der Waals surface area contributed by atoms with Crippen LogP contribution in [-0.2, 0) is 11.3 Å². The van der Waals surface area contributed by atoms with Crippen LogP contribution >= 0.6 is 35.0 Å². The van der Waals surface area contributed by atoms with Gasteiger partial charge in [0.05, 0.1) is 27.2 Å². The Kier molecular flexibility index (Phi) is 6.82. The topological polar surface area (TPSA) is 45.8 Å². The fourth-order valence-electron chi connectivity index (χ4n) is 3.59. The van der Waals surface area contributed by atoms with E-state index in [4.69, 9.17) is 32.6 Å². The van der Waals surface area contributed by atoms with Crippen molar-refractivity contribution in [3.63, 3.8) is 0 Å². The minimum Gasteiger partial charge on any atom is -0.457 e. The first-order valence-electron chi connectivity index (χ1n) is 10.9. The Morgan fingerprint density at radius 2 is 1.71 bits per heavy atom. The predicted octanol–water partition coefficient (Wildman–Crippen LogP) is 8.37. The molecule has 35 heavy (non-hydrogen) atoms. The summed E-state index contributed by atoms with van der Waals surface area (Å²) in [5.41, 5.74) is 3.78. The molecule has 0 aliphatic carbocycles. The molecule has 4 aromatic rings. The summed E-state index contributed by atoms with van der Waals surface area (Å²) in [6.45, 7) is 2.46. The van der Waals surface area contributed by atoms with E-state index in [0.29, 0.717) is 38.2 Å². The van der Waals surface area contributed by atoms with Gasteiger partial charge in [0.15, 0.2) is 5.17 Å². The molecule has 174 valence electrons. The number of thioether (sulfide) groups is 1. The summed E-state index contributed by atoms with van der Waals surface area (Å²) >= 11 is 13.5. The number of carbonyl (C=O) groups is 1. The maximum Gasteiger partial charge on any atom is 0.267 e. The third-order valence-electron chi connectivity index (χ3n) is 5.43. The minimum absolute atomic E-state index is 0.114. The summed E-state index contributed by atoms with van der Waals surface area (Å²) in [5.74, 6) is 1.09. The zero-order chi connectivity index (χ0) is 24.4. The number of aliphatic imine (C=N–C) groups is 1. The van der Waals surface area contributed by atoms with Crippen molar-refractivity contribution in [2.45, 2.75) is 13.5 Å². The van der Waals surface area contributed by atoms with Gasteiger partial charge in [0.25, 0.3) is 5.91 Å². The largest absolute Gasteiger partial charge is 0.457 e. The summed E-state index contributed by atoms with van der Waals surface area (Å²) in [6, 6.07) is 26.8. The molecular formula is C28H20Cl2N2O2S. The van der Waals surface area contributed by atoms with Crippen molar-refractivity contribution in [1.82, 2.24) is 4.90 Å². The zero-order valence-corrected chi connectivity index (χ0v) is 21.1. The number of hydrogen-bond donors (Lipinski definition) is 0. The second-order valence-electron chi connectivity index (χ2n) is 8.05. The molecule has 0 N–H and O–H groups in total. The highest BCUT2D eigenvalue weighted by atomic mass is 35.5. The summed E-state index contributed by atoms with van der Waals surface area (Å²) < 4.78 is 5.99. The predicted molar refractivity (Wildman–Crippen MR) is 145 cm³/mol. The van der Waals surface area contributed by atoms with Gasteiger partial charge in [-0.05, 0) is 66.7 Å². The number of rotatable bonds is 5. The molecule has 7 heteroatoms. The van der Waals surface area contributed by atoms with E-state index in [2.05, 4.69) is 0 Å². The minimum atomic E-state index is -0.114. The highest BCUT2D eigenvalue weighted by Gasteiger charge is 2.33. The summed E-state index contributed by atoms with van der Waals surface area (Å²) in [6.07, 6.45) is 1.75. The highest BCUT2D eigenvalue weighted by Crippen LogP contribution is 2.36. The van der Waals surface area contributed by atoms with Crippen LogP contribution in [0.1, 0.15) is 16.9 Å². The second kappa shape index (κ2) is 10.2. The second-order valence-corrected chi connectivity index (χ2v) is 9.87. The fraction of sp³-hybridized carbons (Fsp3) is 0.0714. The number of nitrogens with zero attached hydrogens (tertiary/aromatic N) is 2. The summed E-state index contributed by atoms with van der Waals surface area (Å²) in [4.78, 5) is 20.4. The van der Waals surface area contributed by atoms with Crippen molar-refractivity contribution in [1.29, 1.82) is 0 Å². The first-order valence-corrected chi connectivity index (χ1v) is 12.5. The van der Waals surface area contributed by atoms with E-state index >= 15 is 0 Å². The quantitative estimate of drug-likeness (QED) is 0.249. The molecular weight excluding hydrogens is 499 g/mol. The van der Waals surface area contributed by atoms with Gasteiger partial charge in [-0.25, -0.2) is 4.99 Å². The molecule has 1 amide bonds. The van der Waals surface area contributed by atoms with Crippen LogP contribution in [0.4, 0.5) is 5.69 Å². The molecule has 4 nitrogen and oxygen atoms in total. The smallest absolute Gasteiger partial charge is 0.267 e. The van der Waals surface area contributed by atoms with E-state index in [-0.39, 0.29) is 5.91 Å². The molecule has 1 saturated heterocycles. The number of furan rings is 1. The molecule has 0 saturated carbocycles. The average Bonchev–Trinajstić information content (AvgIpc) is 3.44. The normalized spacial score (nSPS) is 16.0. The van der Waals surface area contributed by atoms with Crippen LogP contribution in [0.5, 0.6) is 0 Å². The van der Waals surface area contributed by atoms with Crippen molar-refractivity contribution in [2.75, 3.05) is 0 Å². The number of amides is 1. The zero-order valence-electron chi connectivity index (χ0n) is 18.7. The third kappa shape index (κ3) is 5.38. The molecule has 1 aromatic heterocycles. The molecule has 1 aliphatic rings. The van der Waals surface area contributed by atoms with E-state index in [1.165, 1.54) is 11.8 Å². The summed E-state index contributed by atoms with van der Waals surface area (Å²) in [5, 5.41) is 1.57. The highest BCUT2D eigenvalue weighted by molar-refractivity contribution is 8.18. The average molecular weight is 519 g/mol. The molecule has 1 fully saturated rings. The van der Waals surface area contributed by atoms with Gasteiger partial charge in [-0.1, -0.05) is 71.2 Å². The Balaban J connectivity index is 1.46. The van der Waals surface area contributed by atoms with Crippen LogP contribution in [0, 0.1) is 6.92 Å². The Morgan fingerprint density at radius 1 is 0.943 bits per heavy atom. The van der Waals surface area contributed by atoms with Crippen LogP contribution in [0.15, 0.2) is 99.2 Å².